The number of hydrogen-bond donors (Lipinski definition) is 0. The van der Waals surface area contributed by atoms with Gasteiger partial charge in [-0.05, 0) is 55.7 Å². The molecule has 1 nitrogen and oxygen atoms in total. The van der Waals surface area contributed by atoms with Gasteiger partial charge >= 0.3 is 0 Å². The van der Waals surface area contributed by atoms with Gasteiger partial charge < -0.3 is 0 Å². The molecule has 3 aromatic carbocycles. The fourth-order valence-electron chi connectivity index (χ4n) is 2.49. The van der Waals surface area contributed by atoms with Gasteiger partial charge in [-0.2, -0.15) is 0 Å². The van der Waals surface area contributed by atoms with E-state index in [9.17, 15) is 0 Å². The van der Waals surface area contributed by atoms with Gasteiger partial charge in [0.1, 0.15) is 5.71 Å². The van der Waals surface area contributed by atoms with Gasteiger partial charge in [-0.1, -0.05) is 60.5 Å². The highest BCUT2D eigenvalue weighted by Crippen LogP contribution is 2.18. The molecule has 0 unspecified atom stereocenters. The molecule has 0 aliphatic rings. The van der Waals surface area contributed by atoms with Gasteiger partial charge in [0.25, 0.3) is 0 Å². The SMILES string of the molecule is CC(C)(C)N=C(C#Cc1ccccc1)c1ccc2ccccc2c1. The Balaban J connectivity index is 2.07. The van der Waals surface area contributed by atoms with E-state index in [1.807, 2.05) is 30.3 Å². The average Bonchev–Trinajstić information content (AvgIpc) is 2.58. The molecule has 0 amide bonds. The van der Waals surface area contributed by atoms with E-state index in [0.29, 0.717) is 0 Å². The zero-order valence-electron chi connectivity index (χ0n) is 14.4. The third-order valence-corrected chi connectivity index (χ3v) is 3.57. The Kier molecular flexibility index (Phi) is 4.49. The van der Waals surface area contributed by atoms with Gasteiger partial charge in [-0.15, -0.1) is 0 Å². The summed E-state index contributed by atoms with van der Waals surface area (Å²) in [4.78, 5) is 4.84. The third-order valence-electron chi connectivity index (χ3n) is 3.57. The Morgan fingerprint density at radius 1 is 0.792 bits per heavy atom. The Morgan fingerprint density at radius 2 is 1.46 bits per heavy atom. The fraction of sp³-hybridized carbons (Fsp3) is 0.174. The predicted molar refractivity (Wildman–Crippen MR) is 104 cm³/mol. The maximum absolute atomic E-state index is 4.84. The fourth-order valence-corrected chi connectivity index (χ4v) is 2.49. The van der Waals surface area contributed by atoms with Crippen LogP contribution < -0.4 is 0 Å². The summed E-state index contributed by atoms with van der Waals surface area (Å²) in [6.07, 6.45) is 0. The molecule has 0 radical (unpaired) electrons. The van der Waals surface area contributed by atoms with Crippen LogP contribution in [-0.4, -0.2) is 11.3 Å². The molecule has 118 valence electrons. The van der Waals surface area contributed by atoms with Crippen molar-refractivity contribution in [2.24, 2.45) is 4.99 Å². The highest BCUT2D eigenvalue weighted by Gasteiger charge is 2.10. The zero-order chi connectivity index (χ0) is 17.0. The lowest BCUT2D eigenvalue weighted by Gasteiger charge is -2.14. The molecule has 24 heavy (non-hydrogen) atoms. The summed E-state index contributed by atoms with van der Waals surface area (Å²) in [5.74, 6) is 6.51. The van der Waals surface area contributed by atoms with Crippen molar-refractivity contribution in [3.63, 3.8) is 0 Å². The first kappa shape index (κ1) is 16.0. The second kappa shape index (κ2) is 6.72. The second-order valence-electron chi connectivity index (χ2n) is 6.81. The van der Waals surface area contributed by atoms with Crippen LogP contribution in [0.4, 0.5) is 0 Å². The van der Waals surface area contributed by atoms with Gasteiger partial charge in [-0.25, -0.2) is 0 Å². The maximum Gasteiger partial charge on any atom is 0.115 e. The van der Waals surface area contributed by atoms with Crippen molar-refractivity contribution in [3.05, 3.63) is 83.9 Å². The number of benzene rings is 3. The second-order valence-corrected chi connectivity index (χ2v) is 6.81. The first-order valence-corrected chi connectivity index (χ1v) is 8.17. The molecule has 1 heteroatoms. The minimum atomic E-state index is -0.174. The van der Waals surface area contributed by atoms with Crippen molar-refractivity contribution in [1.82, 2.24) is 0 Å². The van der Waals surface area contributed by atoms with Gasteiger partial charge in [-0.3, -0.25) is 4.99 Å². The molecule has 0 aliphatic heterocycles. The van der Waals surface area contributed by atoms with Crippen LogP contribution in [0.25, 0.3) is 10.8 Å². The molecule has 3 aromatic rings. The van der Waals surface area contributed by atoms with Crippen LogP contribution in [0.2, 0.25) is 0 Å². The summed E-state index contributed by atoms with van der Waals surface area (Å²) in [5.41, 5.74) is 2.72. The topological polar surface area (TPSA) is 12.4 Å². The zero-order valence-corrected chi connectivity index (χ0v) is 14.4. The summed E-state index contributed by atoms with van der Waals surface area (Å²) in [6, 6.07) is 24.8. The van der Waals surface area contributed by atoms with Crippen LogP contribution in [0.1, 0.15) is 31.9 Å². The molecule has 0 saturated carbocycles. The van der Waals surface area contributed by atoms with Crippen molar-refractivity contribution in [2.45, 2.75) is 26.3 Å². The maximum atomic E-state index is 4.84. The van der Waals surface area contributed by atoms with Crippen LogP contribution in [0.5, 0.6) is 0 Å². The summed E-state index contributed by atoms with van der Waals surface area (Å²) < 4.78 is 0. The van der Waals surface area contributed by atoms with Crippen LogP contribution in [0, 0.1) is 11.8 Å². The molecule has 0 aromatic heterocycles. The Hall–Kier alpha value is -2.85. The smallest absolute Gasteiger partial charge is 0.115 e. The Labute approximate surface area is 144 Å². The highest BCUT2D eigenvalue weighted by atomic mass is 14.8. The van der Waals surface area contributed by atoms with Crippen molar-refractivity contribution < 1.29 is 0 Å². The number of rotatable bonds is 1. The van der Waals surface area contributed by atoms with E-state index in [-0.39, 0.29) is 5.54 Å². The van der Waals surface area contributed by atoms with Crippen LogP contribution in [-0.2, 0) is 0 Å². The third kappa shape index (κ3) is 4.12. The standard InChI is InChI=1S/C23H21N/c1-23(2,3)24-22(16-13-18-9-5-4-6-10-18)21-15-14-19-11-7-8-12-20(19)17-21/h4-12,14-15,17H,1-3H3. The Bertz CT molecular complexity index is 932. The van der Waals surface area contributed by atoms with Gasteiger partial charge in [0.2, 0.25) is 0 Å². The first-order valence-electron chi connectivity index (χ1n) is 8.17. The van der Waals surface area contributed by atoms with E-state index >= 15 is 0 Å². The summed E-state index contributed by atoms with van der Waals surface area (Å²) in [6.45, 7) is 6.29. The van der Waals surface area contributed by atoms with Crippen molar-refractivity contribution in [2.75, 3.05) is 0 Å². The molecule has 0 fully saturated rings. The van der Waals surface area contributed by atoms with Crippen molar-refractivity contribution >= 4 is 16.5 Å². The minimum Gasteiger partial charge on any atom is -0.270 e. The van der Waals surface area contributed by atoms with Crippen LogP contribution >= 0.6 is 0 Å². The molecule has 3 rings (SSSR count). The number of hydrogen-bond acceptors (Lipinski definition) is 1. The lowest BCUT2D eigenvalue weighted by molar-refractivity contribution is 0.585. The van der Waals surface area contributed by atoms with Gasteiger partial charge in [0.15, 0.2) is 0 Å². The summed E-state index contributed by atoms with van der Waals surface area (Å²) >= 11 is 0. The molecule has 0 heterocycles. The molecular weight excluding hydrogens is 290 g/mol. The highest BCUT2D eigenvalue weighted by molar-refractivity contribution is 6.14. The van der Waals surface area contributed by atoms with E-state index in [2.05, 4.69) is 75.1 Å². The molecule has 0 saturated heterocycles. The van der Waals surface area contributed by atoms with E-state index in [1.165, 1.54) is 10.8 Å². The average molecular weight is 311 g/mol. The van der Waals surface area contributed by atoms with Crippen molar-refractivity contribution in [3.8, 4) is 11.8 Å². The molecular formula is C23H21N. The molecule has 0 spiro atoms. The largest absolute Gasteiger partial charge is 0.270 e. The molecule has 0 N–H and O–H groups in total. The predicted octanol–water partition coefficient (Wildman–Crippen LogP) is 5.48. The van der Waals surface area contributed by atoms with Crippen molar-refractivity contribution in [1.29, 1.82) is 0 Å². The van der Waals surface area contributed by atoms with Crippen LogP contribution in [0.15, 0.2) is 77.8 Å². The summed E-state index contributed by atoms with van der Waals surface area (Å²) in [5, 5.41) is 2.44. The van der Waals surface area contributed by atoms with E-state index in [1.54, 1.807) is 0 Å². The normalized spacial score (nSPS) is 11.9. The first-order chi connectivity index (χ1) is 11.5. The monoisotopic (exact) mass is 311 g/mol. The molecule has 0 atom stereocenters. The van der Waals surface area contributed by atoms with Gasteiger partial charge in [0, 0.05) is 11.1 Å². The van der Waals surface area contributed by atoms with E-state index in [0.717, 1.165) is 16.8 Å². The van der Waals surface area contributed by atoms with Crippen LogP contribution in [0.3, 0.4) is 0 Å². The number of nitrogens with zero attached hydrogens (tertiary/aromatic N) is 1. The molecule has 0 bridgehead atoms. The Morgan fingerprint density at radius 3 is 2.17 bits per heavy atom. The van der Waals surface area contributed by atoms with Gasteiger partial charge in [0.05, 0.1) is 5.54 Å². The summed E-state index contributed by atoms with van der Waals surface area (Å²) in [7, 11) is 0. The number of aliphatic imine (C=N–C) groups is 1. The number of fused-ring (bicyclic) bond motifs is 1. The van der Waals surface area contributed by atoms with E-state index in [4.69, 9.17) is 4.99 Å². The quantitative estimate of drug-likeness (QED) is 0.417. The lowest BCUT2D eigenvalue weighted by Crippen LogP contribution is -2.14. The lowest BCUT2D eigenvalue weighted by atomic mass is 10.0. The molecule has 0 aliphatic carbocycles. The van der Waals surface area contributed by atoms with E-state index < -0.39 is 0 Å². The minimum absolute atomic E-state index is 0.174.